The fraction of sp³-hybridized carbons (Fsp3) is 0.667. The van der Waals surface area contributed by atoms with Crippen LogP contribution in [0.15, 0.2) is 0 Å². The first-order valence-corrected chi connectivity index (χ1v) is 7.11. The summed E-state index contributed by atoms with van der Waals surface area (Å²) in [6, 6.07) is -0.0576. The number of carbonyl (C=O) groups is 1. The highest BCUT2D eigenvalue weighted by Crippen LogP contribution is 2.25. The van der Waals surface area contributed by atoms with E-state index in [0.29, 0.717) is 10.0 Å². The Hall–Kier alpha value is -1.34. The van der Waals surface area contributed by atoms with Gasteiger partial charge in [-0.3, -0.25) is 4.79 Å². The number of aliphatic hydroxyl groups is 1. The number of aliphatic hydroxyl groups excluding tert-OH is 1. The smallest absolute Gasteiger partial charge is 0.265 e. The van der Waals surface area contributed by atoms with Crippen molar-refractivity contribution in [1.29, 1.82) is 0 Å². The molecule has 7 heteroatoms. The number of anilines is 2. The summed E-state index contributed by atoms with van der Waals surface area (Å²) in [5.41, 5.74) is 5.75. The van der Waals surface area contributed by atoms with Crippen LogP contribution in [0.4, 0.5) is 10.9 Å². The number of hydrogen-bond donors (Lipinski definition) is 4. The fourth-order valence-electron chi connectivity index (χ4n) is 1.46. The summed E-state index contributed by atoms with van der Waals surface area (Å²) in [7, 11) is 0. The van der Waals surface area contributed by atoms with Crippen LogP contribution in [0.5, 0.6) is 0 Å². The maximum atomic E-state index is 12.1. The highest BCUT2D eigenvalue weighted by molar-refractivity contribution is 7.18. The second kappa shape index (κ2) is 6.72. The molecule has 0 aliphatic carbocycles. The molecule has 0 aliphatic heterocycles. The van der Waals surface area contributed by atoms with Crippen LogP contribution in [0.1, 0.15) is 37.4 Å². The van der Waals surface area contributed by atoms with E-state index in [1.165, 1.54) is 11.3 Å². The van der Waals surface area contributed by atoms with E-state index in [-0.39, 0.29) is 36.3 Å². The van der Waals surface area contributed by atoms with Gasteiger partial charge in [0.25, 0.3) is 5.91 Å². The van der Waals surface area contributed by atoms with Crippen molar-refractivity contribution in [2.24, 2.45) is 5.92 Å². The number of nitrogen functional groups attached to an aromatic ring is 1. The standard InChI is InChI=1S/C12H22N4O2S/c1-6(2)8(5-17)15-11(18)9-10(13)16-12(19-9)14-7(3)4/h6-8,17H,5,13H2,1-4H3,(H,14,16)(H,15,18). The number of nitrogens with one attached hydrogen (secondary N) is 2. The molecule has 0 spiro atoms. The number of nitrogens with zero attached hydrogens (tertiary/aromatic N) is 1. The van der Waals surface area contributed by atoms with Gasteiger partial charge in [0, 0.05) is 6.04 Å². The van der Waals surface area contributed by atoms with Crippen molar-refractivity contribution in [2.45, 2.75) is 39.8 Å². The third kappa shape index (κ3) is 4.36. The largest absolute Gasteiger partial charge is 0.394 e. The van der Waals surface area contributed by atoms with Gasteiger partial charge < -0.3 is 21.5 Å². The summed E-state index contributed by atoms with van der Waals surface area (Å²) in [6.45, 7) is 7.74. The number of thiazole rings is 1. The minimum atomic E-state index is -0.292. The molecule has 1 aromatic rings. The van der Waals surface area contributed by atoms with E-state index < -0.39 is 0 Å². The summed E-state index contributed by atoms with van der Waals surface area (Å²) < 4.78 is 0. The Bertz CT molecular complexity index is 431. The SMILES string of the molecule is CC(C)Nc1nc(N)c(C(=O)NC(CO)C(C)C)s1. The lowest BCUT2D eigenvalue weighted by Crippen LogP contribution is -2.41. The summed E-state index contributed by atoms with van der Waals surface area (Å²) in [5.74, 6) is 0.0713. The molecule has 1 aromatic heterocycles. The van der Waals surface area contributed by atoms with Gasteiger partial charge in [-0.2, -0.15) is 0 Å². The van der Waals surface area contributed by atoms with E-state index in [2.05, 4.69) is 15.6 Å². The van der Waals surface area contributed by atoms with Crippen LogP contribution >= 0.6 is 11.3 Å². The first kappa shape index (κ1) is 15.7. The second-order valence-corrected chi connectivity index (χ2v) is 6.04. The Labute approximate surface area is 117 Å². The second-order valence-electron chi connectivity index (χ2n) is 5.04. The summed E-state index contributed by atoms with van der Waals surface area (Å²) in [6.07, 6.45) is 0. The molecule has 0 radical (unpaired) electrons. The Morgan fingerprint density at radius 2 is 2.05 bits per heavy atom. The minimum Gasteiger partial charge on any atom is -0.394 e. The topological polar surface area (TPSA) is 100 Å². The van der Waals surface area contributed by atoms with Crippen molar-refractivity contribution in [3.8, 4) is 0 Å². The molecule has 0 saturated carbocycles. The highest BCUT2D eigenvalue weighted by Gasteiger charge is 2.21. The van der Waals surface area contributed by atoms with Crippen molar-refractivity contribution in [3.63, 3.8) is 0 Å². The first-order chi connectivity index (χ1) is 8.85. The molecule has 5 N–H and O–H groups in total. The van der Waals surface area contributed by atoms with Crippen LogP contribution in [0.2, 0.25) is 0 Å². The quantitative estimate of drug-likeness (QED) is 0.631. The molecule has 1 heterocycles. The maximum Gasteiger partial charge on any atom is 0.265 e. The minimum absolute atomic E-state index is 0.0980. The van der Waals surface area contributed by atoms with Crippen LogP contribution in [0, 0.1) is 5.92 Å². The normalized spacial score (nSPS) is 12.8. The van der Waals surface area contributed by atoms with Crippen LogP contribution in [-0.2, 0) is 0 Å². The average Bonchev–Trinajstić information content (AvgIpc) is 2.65. The van der Waals surface area contributed by atoms with Gasteiger partial charge in [-0.05, 0) is 19.8 Å². The number of rotatable bonds is 6. The van der Waals surface area contributed by atoms with E-state index in [1.54, 1.807) is 0 Å². The van der Waals surface area contributed by atoms with Gasteiger partial charge in [-0.15, -0.1) is 0 Å². The highest BCUT2D eigenvalue weighted by atomic mass is 32.1. The molecular formula is C12H22N4O2S. The zero-order valence-electron chi connectivity index (χ0n) is 11.7. The molecule has 19 heavy (non-hydrogen) atoms. The summed E-state index contributed by atoms with van der Waals surface area (Å²) in [5, 5.41) is 15.7. The number of amides is 1. The Kier molecular flexibility index (Phi) is 5.56. The first-order valence-electron chi connectivity index (χ1n) is 6.29. The van der Waals surface area contributed by atoms with Gasteiger partial charge in [0.05, 0.1) is 12.6 Å². The van der Waals surface area contributed by atoms with Crippen LogP contribution < -0.4 is 16.4 Å². The molecule has 0 fully saturated rings. The molecule has 0 aromatic carbocycles. The van der Waals surface area contributed by atoms with Crippen molar-refractivity contribution < 1.29 is 9.90 Å². The van der Waals surface area contributed by atoms with E-state index in [4.69, 9.17) is 5.73 Å². The number of nitrogens with two attached hydrogens (primary N) is 1. The van der Waals surface area contributed by atoms with Gasteiger partial charge >= 0.3 is 0 Å². The van der Waals surface area contributed by atoms with Gasteiger partial charge in [0.2, 0.25) is 0 Å². The number of hydrogen-bond acceptors (Lipinski definition) is 6. The molecule has 1 atom stereocenters. The molecule has 108 valence electrons. The summed E-state index contributed by atoms with van der Waals surface area (Å²) >= 11 is 1.22. The fourth-order valence-corrected chi connectivity index (χ4v) is 2.39. The molecule has 0 aliphatic rings. The molecular weight excluding hydrogens is 264 g/mol. The third-order valence-corrected chi connectivity index (χ3v) is 3.59. The monoisotopic (exact) mass is 286 g/mol. The third-order valence-electron chi connectivity index (χ3n) is 2.59. The Balaban J connectivity index is 2.79. The average molecular weight is 286 g/mol. The Morgan fingerprint density at radius 3 is 2.53 bits per heavy atom. The van der Waals surface area contributed by atoms with Crippen molar-refractivity contribution in [3.05, 3.63) is 4.88 Å². The van der Waals surface area contributed by atoms with E-state index >= 15 is 0 Å². The van der Waals surface area contributed by atoms with Crippen molar-refractivity contribution in [2.75, 3.05) is 17.7 Å². The zero-order valence-corrected chi connectivity index (χ0v) is 12.5. The summed E-state index contributed by atoms with van der Waals surface area (Å²) in [4.78, 5) is 16.6. The van der Waals surface area contributed by atoms with E-state index in [9.17, 15) is 9.90 Å². The Morgan fingerprint density at radius 1 is 1.42 bits per heavy atom. The van der Waals surface area contributed by atoms with E-state index in [0.717, 1.165) is 0 Å². The molecule has 0 saturated heterocycles. The lowest BCUT2D eigenvalue weighted by molar-refractivity contribution is 0.0901. The molecule has 1 amide bonds. The molecule has 1 rings (SSSR count). The van der Waals surface area contributed by atoms with Crippen molar-refractivity contribution in [1.82, 2.24) is 10.3 Å². The zero-order chi connectivity index (χ0) is 14.6. The van der Waals surface area contributed by atoms with Gasteiger partial charge in [0.1, 0.15) is 10.7 Å². The number of carbonyl (C=O) groups excluding carboxylic acids is 1. The maximum absolute atomic E-state index is 12.1. The molecule has 0 bridgehead atoms. The van der Waals surface area contributed by atoms with Gasteiger partial charge in [-0.1, -0.05) is 25.2 Å². The van der Waals surface area contributed by atoms with Gasteiger partial charge in [-0.25, -0.2) is 4.98 Å². The predicted octanol–water partition coefficient (Wildman–Crippen LogP) is 1.29. The number of aromatic nitrogens is 1. The lowest BCUT2D eigenvalue weighted by Gasteiger charge is -2.19. The van der Waals surface area contributed by atoms with Crippen LogP contribution in [0.3, 0.4) is 0 Å². The van der Waals surface area contributed by atoms with Crippen molar-refractivity contribution >= 4 is 28.2 Å². The van der Waals surface area contributed by atoms with Crippen LogP contribution in [-0.4, -0.2) is 34.7 Å². The van der Waals surface area contributed by atoms with Crippen LogP contribution in [0.25, 0.3) is 0 Å². The lowest BCUT2D eigenvalue weighted by atomic mass is 10.1. The van der Waals surface area contributed by atoms with E-state index in [1.807, 2.05) is 27.7 Å². The molecule has 6 nitrogen and oxygen atoms in total. The molecule has 1 unspecified atom stereocenters. The van der Waals surface area contributed by atoms with Gasteiger partial charge in [0.15, 0.2) is 5.13 Å². The predicted molar refractivity (Wildman–Crippen MR) is 78.5 cm³/mol.